The number of amides is 1. The minimum absolute atomic E-state index is 0.108. The van der Waals surface area contributed by atoms with Crippen molar-refractivity contribution in [2.45, 2.75) is 50.9 Å². The van der Waals surface area contributed by atoms with Gasteiger partial charge < -0.3 is 10.1 Å². The number of benzene rings is 1. The molecular weight excluding hydrogens is 403 g/mol. The Morgan fingerprint density at radius 3 is 2.47 bits per heavy atom. The summed E-state index contributed by atoms with van der Waals surface area (Å²) in [5.41, 5.74) is -0.372. The second-order valence-electron chi connectivity index (χ2n) is 7.15. The SMILES string of the molecule is Cc1c(C(=O)NC2CCC(Oc3ccc(C(F)(F)F)cn3)CC2)cccc1[N+](=O)[O-]. The Labute approximate surface area is 170 Å². The first kappa shape index (κ1) is 21.5. The first-order chi connectivity index (χ1) is 14.1. The van der Waals surface area contributed by atoms with E-state index in [0.29, 0.717) is 31.2 Å². The number of nitrogens with zero attached hydrogens (tertiary/aromatic N) is 2. The molecule has 1 aliphatic rings. The molecule has 1 amide bonds. The molecule has 1 aromatic heterocycles. The summed E-state index contributed by atoms with van der Waals surface area (Å²) < 4.78 is 43.4. The third kappa shape index (κ3) is 5.05. The molecule has 1 aromatic carbocycles. The van der Waals surface area contributed by atoms with Crippen molar-refractivity contribution >= 4 is 11.6 Å². The molecule has 3 rings (SSSR count). The van der Waals surface area contributed by atoms with E-state index in [0.717, 1.165) is 12.3 Å². The first-order valence-corrected chi connectivity index (χ1v) is 9.40. The molecule has 1 fully saturated rings. The number of nitrogens with one attached hydrogen (secondary N) is 1. The molecule has 0 unspecified atom stereocenters. The van der Waals surface area contributed by atoms with E-state index in [9.17, 15) is 28.1 Å². The summed E-state index contributed by atoms with van der Waals surface area (Å²) in [5.74, 6) is -0.243. The third-order valence-electron chi connectivity index (χ3n) is 5.11. The zero-order valence-corrected chi connectivity index (χ0v) is 16.1. The fraction of sp³-hybridized carbons (Fsp3) is 0.400. The van der Waals surface area contributed by atoms with Crippen LogP contribution in [0.15, 0.2) is 36.5 Å². The number of ether oxygens (including phenoxy) is 1. The Bertz CT molecular complexity index is 924. The molecule has 0 saturated heterocycles. The van der Waals surface area contributed by atoms with Gasteiger partial charge >= 0.3 is 6.18 Å². The third-order valence-corrected chi connectivity index (χ3v) is 5.11. The number of alkyl halides is 3. The van der Waals surface area contributed by atoms with Crippen LogP contribution in [0.1, 0.15) is 47.2 Å². The number of nitro benzene ring substituents is 1. The van der Waals surface area contributed by atoms with Crippen LogP contribution in [-0.2, 0) is 6.18 Å². The van der Waals surface area contributed by atoms with Crippen LogP contribution < -0.4 is 10.1 Å². The van der Waals surface area contributed by atoms with E-state index in [1.54, 1.807) is 6.07 Å². The number of halogens is 3. The molecule has 160 valence electrons. The number of aromatic nitrogens is 1. The molecule has 2 aromatic rings. The maximum Gasteiger partial charge on any atom is 0.417 e. The molecule has 1 heterocycles. The predicted octanol–water partition coefficient (Wildman–Crippen LogP) is 4.44. The van der Waals surface area contributed by atoms with Gasteiger partial charge in [-0.05, 0) is 44.7 Å². The number of rotatable bonds is 5. The predicted molar refractivity (Wildman–Crippen MR) is 101 cm³/mol. The molecule has 1 saturated carbocycles. The van der Waals surface area contributed by atoms with E-state index in [-0.39, 0.29) is 35.2 Å². The summed E-state index contributed by atoms with van der Waals surface area (Å²) in [7, 11) is 0. The van der Waals surface area contributed by atoms with Gasteiger partial charge in [-0.15, -0.1) is 0 Å². The summed E-state index contributed by atoms with van der Waals surface area (Å²) >= 11 is 0. The molecular formula is C20H20F3N3O4. The molecule has 30 heavy (non-hydrogen) atoms. The van der Waals surface area contributed by atoms with E-state index in [2.05, 4.69) is 10.3 Å². The number of carbonyl (C=O) groups is 1. The largest absolute Gasteiger partial charge is 0.474 e. The average molecular weight is 423 g/mol. The maximum absolute atomic E-state index is 12.6. The van der Waals surface area contributed by atoms with Gasteiger partial charge in [-0.25, -0.2) is 4.98 Å². The van der Waals surface area contributed by atoms with Gasteiger partial charge in [0.1, 0.15) is 6.10 Å². The van der Waals surface area contributed by atoms with Gasteiger partial charge in [0.05, 0.1) is 10.5 Å². The number of hydrogen-bond acceptors (Lipinski definition) is 5. The van der Waals surface area contributed by atoms with E-state index >= 15 is 0 Å². The number of carbonyl (C=O) groups excluding carboxylic acids is 1. The first-order valence-electron chi connectivity index (χ1n) is 9.40. The van der Waals surface area contributed by atoms with E-state index in [1.165, 1.54) is 25.1 Å². The van der Waals surface area contributed by atoms with E-state index in [1.807, 2.05) is 0 Å². The molecule has 0 aliphatic heterocycles. The lowest BCUT2D eigenvalue weighted by molar-refractivity contribution is -0.385. The van der Waals surface area contributed by atoms with Crippen LogP contribution in [0.4, 0.5) is 18.9 Å². The minimum Gasteiger partial charge on any atom is -0.474 e. The van der Waals surface area contributed by atoms with Crippen LogP contribution in [0.2, 0.25) is 0 Å². The molecule has 1 aliphatic carbocycles. The molecule has 0 atom stereocenters. The normalized spacial score (nSPS) is 19.2. The standard InChI is InChI=1S/C20H20F3N3O4/c1-12-16(3-2-4-17(12)26(28)29)19(27)25-14-6-8-15(9-7-14)30-18-10-5-13(11-24-18)20(21,22)23/h2-5,10-11,14-15H,6-9H2,1H3,(H,25,27). The molecule has 0 radical (unpaired) electrons. The van der Waals surface area contributed by atoms with Crippen molar-refractivity contribution < 1.29 is 27.6 Å². The molecule has 0 bridgehead atoms. The lowest BCUT2D eigenvalue weighted by Crippen LogP contribution is -2.40. The smallest absolute Gasteiger partial charge is 0.417 e. The number of pyridine rings is 1. The highest BCUT2D eigenvalue weighted by Crippen LogP contribution is 2.30. The molecule has 7 nitrogen and oxygen atoms in total. The second kappa shape index (κ2) is 8.68. The fourth-order valence-corrected chi connectivity index (χ4v) is 3.44. The summed E-state index contributed by atoms with van der Waals surface area (Å²) in [6, 6.07) is 6.38. The monoisotopic (exact) mass is 423 g/mol. The van der Waals surface area contributed by atoms with Gasteiger partial charge in [-0.2, -0.15) is 13.2 Å². The van der Waals surface area contributed by atoms with Crippen LogP contribution in [0.3, 0.4) is 0 Å². The molecule has 1 N–H and O–H groups in total. The van der Waals surface area contributed by atoms with E-state index < -0.39 is 16.7 Å². The zero-order chi connectivity index (χ0) is 21.9. The zero-order valence-electron chi connectivity index (χ0n) is 16.1. The highest BCUT2D eigenvalue weighted by atomic mass is 19.4. The van der Waals surface area contributed by atoms with Gasteiger partial charge in [-0.1, -0.05) is 6.07 Å². The van der Waals surface area contributed by atoms with Crippen LogP contribution in [0.25, 0.3) is 0 Å². The van der Waals surface area contributed by atoms with Crippen molar-refractivity contribution in [3.63, 3.8) is 0 Å². The van der Waals surface area contributed by atoms with Crippen LogP contribution >= 0.6 is 0 Å². The Morgan fingerprint density at radius 1 is 1.20 bits per heavy atom. The highest BCUT2D eigenvalue weighted by molar-refractivity contribution is 5.96. The van der Waals surface area contributed by atoms with Crippen LogP contribution in [0.5, 0.6) is 5.88 Å². The summed E-state index contributed by atoms with van der Waals surface area (Å²) in [6.07, 6.45) is -1.48. The lowest BCUT2D eigenvalue weighted by Gasteiger charge is -2.29. The van der Waals surface area contributed by atoms with Gasteiger partial charge in [0.2, 0.25) is 5.88 Å². The van der Waals surface area contributed by atoms with Crippen molar-refractivity contribution in [3.8, 4) is 5.88 Å². The lowest BCUT2D eigenvalue weighted by atomic mass is 9.92. The summed E-state index contributed by atoms with van der Waals surface area (Å²) in [6.45, 7) is 1.54. The maximum atomic E-state index is 12.6. The van der Waals surface area contributed by atoms with Crippen LogP contribution in [0, 0.1) is 17.0 Å². The second-order valence-corrected chi connectivity index (χ2v) is 7.15. The Balaban J connectivity index is 1.53. The topological polar surface area (TPSA) is 94.4 Å². The van der Waals surface area contributed by atoms with Crippen molar-refractivity contribution in [3.05, 3.63) is 63.3 Å². The molecule has 10 heteroatoms. The van der Waals surface area contributed by atoms with Gasteiger partial charge in [0.25, 0.3) is 11.6 Å². The van der Waals surface area contributed by atoms with Crippen molar-refractivity contribution in [1.82, 2.24) is 10.3 Å². The average Bonchev–Trinajstić information content (AvgIpc) is 2.69. The van der Waals surface area contributed by atoms with E-state index in [4.69, 9.17) is 4.74 Å². The fourth-order valence-electron chi connectivity index (χ4n) is 3.44. The Kier molecular flexibility index (Phi) is 6.23. The van der Waals surface area contributed by atoms with Gasteiger partial charge in [0.15, 0.2) is 0 Å². The highest BCUT2D eigenvalue weighted by Gasteiger charge is 2.31. The minimum atomic E-state index is -4.45. The Morgan fingerprint density at radius 2 is 1.90 bits per heavy atom. The summed E-state index contributed by atoms with van der Waals surface area (Å²) in [4.78, 5) is 26.8. The van der Waals surface area contributed by atoms with Crippen LogP contribution in [-0.4, -0.2) is 28.0 Å². The van der Waals surface area contributed by atoms with Crippen molar-refractivity contribution in [2.75, 3.05) is 0 Å². The number of nitro groups is 1. The van der Waals surface area contributed by atoms with Gasteiger partial charge in [0, 0.05) is 35.5 Å². The quantitative estimate of drug-likeness (QED) is 0.567. The summed E-state index contributed by atoms with van der Waals surface area (Å²) in [5, 5.41) is 13.9. The molecule has 0 spiro atoms. The van der Waals surface area contributed by atoms with Crippen molar-refractivity contribution in [1.29, 1.82) is 0 Å². The van der Waals surface area contributed by atoms with Crippen molar-refractivity contribution in [2.24, 2.45) is 0 Å². The van der Waals surface area contributed by atoms with Gasteiger partial charge in [-0.3, -0.25) is 14.9 Å². The number of hydrogen-bond donors (Lipinski definition) is 1. The Hall–Kier alpha value is -3.17.